The first-order chi connectivity index (χ1) is 10.4. The fourth-order valence-corrected chi connectivity index (χ4v) is 1.87. The van der Waals surface area contributed by atoms with Crippen molar-refractivity contribution < 1.29 is 28.8 Å². The number of hydrogen-bond donors (Lipinski definition) is 1. The second-order valence-corrected chi connectivity index (χ2v) is 4.50. The normalized spacial score (nSPS) is 18.5. The third-order valence-electron chi connectivity index (χ3n) is 2.86. The van der Waals surface area contributed by atoms with E-state index in [1.165, 1.54) is 0 Å². The zero-order valence-corrected chi connectivity index (χ0v) is 12.1. The minimum Gasteiger partial charge on any atom is -0.491 e. The van der Waals surface area contributed by atoms with Gasteiger partial charge >= 0.3 is 0 Å². The zero-order chi connectivity index (χ0) is 14.8. The third-order valence-corrected chi connectivity index (χ3v) is 2.86. The van der Waals surface area contributed by atoms with Crippen molar-refractivity contribution in [3.05, 3.63) is 23.8 Å². The van der Waals surface area contributed by atoms with Crippen LogP contribution in [-0.2, 0) is 20.8 Å². The van der Waals surface area contributed by atoms with Crippen LogP contribution in [0.1, 0.15) is 5.56 Å². The predicted octanol–water partition coefficient (Wildman–Crippen LogP) is 1.000. The van der Waals surface area contributed by atoms with Gasteiger partial charge < -0.3 is 28.8 Å². The SMILES string of the molecule is OCc1cc2cc(c1)OCCOCCOCCOCCO2. The van der Waals surface area contributed by atoms with Gasteiger partial charge in [-0.25, -0.2) is 0 Å². The molecule has 0 amide bonds. The lowest BCUT2D eigenvalue weighted by Gasteiger charge is -2.13. The molecule has 2 rings (SSSR count). The Hall–Kier alpha value is -1.34. The zero-order valence-electron chi connectivity index (χ0n) is 12.1. The van der Waals surface area contributed by atoms with Crippen LogP contribution in [0.15, 0.2) is 18.2 Å². The fourth-order valence-electron chi connectivity index (χ4n) is 1.87. The number of hydrogen-bond acceptors (Lipinski definition) is 6. The van der Waals surface area contributed by atoms with Crippen LogP contribution >= 0.6 is 0 Å². The summed E-state index contributed by atoms with van der Waals surface area (Å²) in [6, 6.07) is 5.37. The molecule has 0 atom stereocenters. The molecular weight excluding hydrogens is 276 g/mol. The highest BCUT2D eigenvalue weighted by molar-refractivity contribution is 5.38. The molecule has 0 radical (unpaired) electrons. The molecule has 0 saturated heterocycles. The van der Waals surface area contributed by atoms with E-state index >= 15 is 0 Å². The van der Waals surface area contributed by atoms with Crippen molar-refractivity contribution in [1.82, 2.24) is 0 Å². The molecule has 0 spiro atoms. The van der Waals surface area contributed by atoms with Crippen molar-refractivity contribution in [2.24, 2.45) is 0 Å². The third kappa shape index (κ3) is 6.31. The van der Waals surface area contributed by atoms with Crippen LogP contribution in [0.2, 0.25) is 0 Å². The Kier molecular flexibility index (Phi) is 7.31. The van der Waals surface area contributed by atoms with Gasteiger partial charge in [-0.2, -0.15) is 0 Å². The Bertz CT molecular complexity index is 377. The van der Waals surface area contributed by atoms with E-state index in [1.807, 2.05) is 0 Å². The molecule has 118 valence electrons. The topological polar surface area (TPSA) is 66.4 Å². The summed E-state index contributed by atoms with van der Waals surface area (Å²) < 4.78 is 27.3. The van der Waals surface area contributed by atoms with Crippen molar-refractivity contribution >= 4 is 0 Å². The lowest BCUT2D eigenvalue weighted by molar-refractivity contribution is 0.00431. The van der Waals surface area contributed by atoms with Gasteiger partial charge in [0.15, 0.2) is 0 Å². The Balaban J connectivity index is 1.95. The maximum Gasteiger partial charge on any atom is 0.123 e. The lowest BCUT2D eigenvalue weighted by atomic mass is 10.2. The number of fused-ring (bicyclic) bond motifs is 2. The molecule has 2 bridgehead atoms. The predicted molar refractivity (Wildman–Crippen MR) is 75.8 cm³/mol. The number of rotatable bonds is 1. The van der Waals surface area contributed by atoms with Gasteiger partial charge in [0.25, 0.3) is 0 Å². The summed E-state index contributed by atoms with van der Waals surface area (Å²) in [4.78, 5) is 0. The molecule has 1 aliphatic heterocycles. The minimum absolute atomic E-state index is 0.0576. The van der Waals surface area contributed by atoms with Crippen LogP contribution in [-0.4, -0.2) is 58.0 Å². The molecule has 0 aromatic heterocycles. The van der Waals surface area contributed by atoms with Crippen molar-refractivity contribution in [3.63, 3.8) is 0 Å². The van der Waals surface area contributed by atoms with E-state index in [0.29, 0.717) is 64.4 Å². The highest BCUT2D eigenvalue weighted by Gasteiger charge is 2.04. The van der Waals surface area contributed by atoms with Gasteiger partial charge in [0.1, 0.15) is 24.7 Å². The summed E-state index contributed by atoms with van der Waals surface area (Å²) in [7, 11) is 0. The molecule has 6 nitrogen and oxygen atoms in total. The van der Waals surface area contributed by atoms with Crippen molar-refractivity contribution in [2.45, 2.75) is 6.61 Å². The Labute approximate surface area is 124 Å². The standard InChI is InChI=1S/C15H22O6/c16-12-13-9-14-11-15(10-13)21-8-6-19-4-2-17-1-3-18-5-7-20-14/h9-11,16H,1-8,12H2. The summed E-state index contributed by atoms with van der Waals surface area (Å²) in [6.07, 6.45) is 0. The molecule has 1 heterocycles. The average molecular weight is 298 g/mol. The molecule has 1 aromatic carbocycles. The lowest BCUT2D eigenvalue weighted by Crippen LogP contribution is -2.15. The van der Waals surface area contributed by atoms with Crippen molar-refractivity contribution in [2.75, 3.05) is 52.9 Å². The average Bonchev–Trinajstić information content (AvgIpc) is 2.50. The van der Waals surface area contributed by atoms with Crippen LogP contribution in [0.5, 0.6) is 11.5 Å². The Morgan fingerprint density at radius 1 is 0.667 bits per heavy atom. The first-order valence-corrected chi connectivity index (χ1v) is 7.12. The quantitative estimate of drug-likeness (QED) is 0.834. The maximum atomic E-state index is 9.27. The van der Waals surface area contributed by atoms with Gasteiger partial charge in [0.05, 0.1) is 46.2 Å². The smallest absolute Gasteiger partial charge is 0.123 e. The molecule has 0 saturated carbocycles. The van der Waals surface area contributed by atoms with E-state index in [2.05, 4.69) is 0 Å². The van der Waals surface area contributed by atoms with E-state index in [1.54, 1.807) is 18.2 Å². The number of aliphatic hydroxyl groups excluding tert-OH is 1. The number of benzene rings is 1. The first kappa shape index (κ1) is 16.0. The van der Waals surface area contributed by atoms with E-state index in [4.69, 9.17) is 23.7 Å². The molecule has 1 aliphatic rings. The summed E-state index contributed by atoms with van der Waals surface area (Å²) in [5, 5.41) is 9.27. The summed E-state index contributed by atoms with van der Waals surface area (Å²) in [5.41, 5.74) is 0.749. The Morgan fingerprint density at radius 2 is 1.10 bits per heavy atom. The van der Waals surface area contributed by atoms with Gasteiger partial charge in [-0.1, -0.05) is 0 Å². The van der Waals surface area contributed by atoms with Crippen LogP contribution in [0, 0.1) is 0 Å². The summed E-state index contributed by atoms with van der Waals surface area (Å²) in [5.74, 6) is 1.31. The van der Waals surface area contributed by atoms with Crippen LogP contribution in [0.4, 0.5) is 0 Å². The minimum atomic E-state index is -0.0576. The molecule has 0 aliphatic carbocycles. The molecule has 1 N–H and O–H groups in total. The van der Waals surface area contributed by atoms with Crippen molar-refractivity contribution in [1.29, 1.82) is 0 Å². The van der Waals surface area contributed by atoms with E-state index < -0.39 is 0 Å². The molecular formula is C15H22O6. The number of aliphatic hydroxyl groups is 1. The van der Waals surface area contributed by atoms with Gasteiger partial charge in [-0.3, -0.25) is 0 Å². The van der Waals surface area contributed by atoms with E-state index in [-0.39, 0.29) is 6.61 Å². The molecule has 21 heavy (non-hydrogen) atoms. The van der Waals surface area contributed by atoms with Gasteiger partial charge in [0, 0.05) is 6.07 Å². The summed E-state index contributed by atoms with van der Waals surface area (Å²) in [6.45, 7) is 3.96. The molecule has 0 fully saturated rings. The maximum absolute atomic E-state index is 9.27. The first-order valence-electron chi connectivity index (χ1n) is 7.12. The molecule has 0 unspecified atom stereocenters. The van der Waals surface area contributed by atoms with Gasteiger partial charge in [0.2, 0.25) is 0 Å². The van der Waals surface area contributed by atoms with Crippen LogP contribution in [0.3, 0.4) is 0 Å². The molecule has 1 aromatic rings. The molecule has 6 heteroatoms. The van der Waals surface area contributed by atoms with Gasteiger partial charge in [-0.15, -0.1) is 0 Å². The van der Waals surface area contributed by atoms with Crippen molar-refractivity contribution in [3.8, 4) is 11.5 Å². The van der Waals surface area contributed by atoms with E-state index in [9.17, 15) is 5.11 Å². The fraction of sp³-hybridized carbons (Fsp3) is 0.600. The monoisotopic (exact) mass is 298 g/mol. The highest BCUT2D eigenvalue weighted by Crippen LogP contribution is 2.23. The summed E-state index contributed by atoms with van der Waals surface area (Å²) >= 11 is 0. The Morgan fingerprint density at radius 3 is 1.52 bits per heavy atom. The second-order valence-electron chi connectivity index (χ2n) is 4.50. The largest absolute Gasteiger partial charge is 0.491 e. The highest BCUT2D eigenvalue weighted by atomic mass is 16.6. The van der Waals surface area contributed by atoms with Crippen LogP contribution in [0.25, 0.3) is 0 Å². The number of ether oxygens (including phenoxy) is 5. The van der Waals surface area contributed by atoms with Crippen LogP contribution < -0.4 is 9.47 Å². The van der Waals surface area contributed by atoms with E-state index in [0.717, 1.165) is 5.56 Å². The second kappa shape index (κ2) is 9.57. The van der Waals surface area contributed by atoms with Gasteiger partial charge in [-0.05, 0) is 17.7 Å².